The van der Waals surface area contributed by atoms with Crippen LogP contribution < -0.4 is 0 Å². The number of carboxylic acid groups (broad SMARTS) is 1. The molecule has 0 fully saturated rings. The minimum atomic E-state index is -2.73. The highest BCUT2D eigenvalue weighted by Gasteiger charge is 2.26. The highest BCUT2D eigenvalue weighted by Crippen LogP contribution is 2.30. The minimum Gasteiger partial charge on any atom is -0.481 e. The average Bonchev–Trinajstić information content (AvgIpc) is 2.67. The lowest BCUT2D eigenvalue weighted by Crippen LogP contribution is -2.14. The molecule has 1 aromatic carbocycles. The van der Waals surface area contributed by atoms with Gasteiger partial charge in [0.25, 0.3) is 0 Å². The van der Waals surface area contributed by atoms with Gasteiger partial charge in [0.15, 0.2) is 0 Å². The number of aromatic nitrogens is 1. The van der Waals surface area contributed by atoms with E-state index in [4.69, 9.17) is 16.7 Å². The van der Waals surface area contributed by atoms with Crippen LogP contribution in [0.4, 0.5) is 8.78 Å². The molecule has 1 aromatic heterocycles. The first-order valence-corrected chi connectivity index (χ1v) is 5.63. The van der Waals surface area contributed by atoms with Gasteiger partial charge in [-0.2, -0.15) is 0 Å². The van der Waals surface area contributed by atoms with Gasteiger partial charge in [0.1, 0.15) is 0 Å². The van der Waals surface area contributed by atoms with Crippen molar-refractivity contribution in [1.82, 2.24) is 4.98 Å². The van der Waals surface area contributed by atoms with Crippen molar-refractivity contribution in [3.05, 3.63) is 35.0 Å². The van der Waals surface area contributed by atoms with E-state index in [0.717, 1.165) is 0 Å². The highest BCUT2D eigenvalue weighted by molar-refractivity contribution is 6.31. The van der Waals surface area contributed by atoms with E-state index in [1.807, 2.05) is 0 Å². The third-order valence-electron chi connectivity index (χ3n) is 2.70. The lowest BCUT2D eigenvalue weighted by atomic mass is 10.0. The Balaban J connectivity index is 2.41. The number of rotatable bonds is 4. The lowest BCUT2D eigenvalue weighted by Gasteiger charge is -2.11. The molecule has 96 valence electrons. The van der Waals surface area contributed by atoms with Gasteiger partial charge in [-0.1, -0.05) is 11.6 Å². The molecular formula is C12H10ClF2NO2. The summed E-state index contributed by atoms with van der Waals surface area (Å²) < 4.78 is 25.7. The largest absolute Gasteiger partial charge is 0.481 e. The number of hydrogen-bond acceptors (Lipinski definition) is 1. The van der Waals surface area contributed by atoms with Crippen molar-refractivity contribution in [2.75, 3.05) is 0 Å². The van der Waals surface area contributed by atoms with Gasteiger partial charge < -0.3 is 10.1 Å². The normalized spacial score (nSPS) is 13.1. The highest BCUT2D eigenvalue weighted by atomic mass is 35.5. The number of carbonyl (C=O) groups is 1. The summed E-state index contributed by atoms with van der Waals surface area (Å²) in [4.78, 5) is 13.4. The number of halogens is 3. The quantitative estimate of drug-likeness (QED) is 0.893. The lowest BCUT2D eigenvalue weighted by molar-refractivity contribution is -0.138. The Morgan fingerprint density at radius 2 is 2.11 bits per heavy atom. The monoisotopic (exact) mass is 273 g/mol. The molecular weight excluding hydrogens is 264 g/mol. The molecule has 6 heteroatoms. The van der Waals surface area contributed by atoms with Crippen LogP contribution in [0.25, 0.3) is 10.9 Å². The van der Waals surface area contributed by atoms with Crippen LogP contribution in [0.1, 0.15) is 18.0 Å². The second kappa shape index (κ2) is 4.94. The van der Waals surface area contributed by atoms with Gasteiger partial charge in [0.05, 0.1) is 12.3 Å². The van der Waals surface area contributed by atoms with E-state index in [0.29, 0.717) is 15.9 Å². The zero-order valence-corrected chi connectivity index (χ0v) is 9.92. The summed E-state index contributed by atoms with van der Waals surface area (Å²) in [5.41, 5.74) is 0.870. The van der Waals surface area contributed by atoms with Gasteiger partial charge in [0, 0.05) is 21.6 Å². The third kappa shape index (κ3) is 2.61. The van der Waals surface area contributed by atoms with Gasteiger partial charge in [-0.15, -0.1) is 0 Å². The fraction of sp³-hybridized carbons (Fsp3) is 0.250. The first-order chi connectivity index (χ1) is 8.47. The Labute approximate surface area is 106 Å². The van der Waals surface area contributed by atoms with Crippen molar-refractivity contribution in [3.63, 3.8) is 0 Å². The molecule has 0 radical (unpaired) electrons. The molecule has 2 N–H and O–H groups in total. The molecule has 2 rings (SSSR count). The van der Waals surface area contributed by atoms with Crippen molar-refractivity contribution in [2.45, 2.75) is 18.8 Å². The van der Waals surface area contributed by atoms with Crippen LogP contribution >= 0.6 is 11.6 Å². The first kappa shape index (κ1) is 12.8. The maximum Gasteiger partial charge on any atom is 0.304 e. The van der Waals surface area contributed by atoms with Crippen LogP contribution in [0.3, 0.4) is 0 Å². The zero-order valence-electron chi connectivity index (χ0n) is 9.16. The maximum atomic E-state index is 12.8. The Bertz CT molecular complexity index is 582. The Morgan fingerprint density at radius 1 is 1.39 bits per heavy atom. The molecule has 0 aliphatic rings. The number of hydrogen-bond donors (Lipinski definition) is 2. The number of alkyl halides is 2. The van der Waals surface area contributed by atoms with Gasteiger partial charge in [-0.3, -0.25) is 4.79 Å². The van der Waals surface area contributed by atoms with Crippen LogP contribution in [0.5, 0.6) is 0 Å². The number of carboxylic acids is 1. The molecule has 1 atom stereocenters. The number of aromatic amines is 1. The second-order valence-corrected chi connectivity index (χ2v) is 4.43. The molecule has 1 unspecified atom stereocenters. The van der Waals surface area contributed by atoms with Crippen LogP contribution in [-0.4, -0.2) is 22.5 Å². The molecule has 0 saturated heterocycles. The van der Waals surface area contributed by atoms with Gasteiger partial charge in [0.2, 0.25) is 6.43 Å². The predicted molar refractivity (Wildman–Crippen MR) is 64.3 cm³/mol. The van der Waals surface area contributed by atoms with Crippen molar-refractivity contribution in [2.24, 2.45) is 0 Å². The van der Waals surface area contributed by atoms with E-state index < -0.39 is 24.7 Å². The van der Waals surface area contributed by atoms with Crippen molar-refractivity contribution < 1.29 is 18.7 Å². The van der Waals surface area contributed by atoms with E-state index in [1.165, 1.54) is 6.07 Å². The number of H-pyrrole nitrogens is 1. The van der Waals surface area contributed by atoms with E-state index >= 15 is 0 Å². The molecule has 2 aromatic rings. The molecule has 0 amide bonds. The Morgan fingerprint density at radius 3 is 2.72 bits per heavy atom. The summed E-state index contributed by atoms with van der Waals surface area (Å²) in [5, 5.41) is 9.83. The summed E-state index contributed by atoms with van der Waals surface area (Å²) in [5.74, 6) is -2.59. The molecule has 1 heterocycles. The minimum absolute atomic E-state index is 0.213. The molecule has 0 saturated carbocycles. The predicted octanol–water partition coefficient (Wildman–Crippen LogP) is 3.64. The molecule has 18 heavy (non-hydrogen) atoms. The molecule has 0 bridgehead atoms. The van der Waals surface area contributed by atoms with Gasteiger partial charge >= 0.3 is 5.97 Å². The maximum absolute atomic E-state index is 12.8. The topological polar surface area (TPSA) is 53.1 Å². The molecule has 0 aliphatic carbocycles. The Hall–Kier alpha value is -1.62. The van der Waals surface area contributed by atoms with E-state index in [9.17, 15) is 13.6 Å². The molecule has 0 aliphatic heterocycles. The van der Waals surface area contributed by atoms with Crippen molar-refractivity contribution >= 4 is 28.5 Å². The van der Waals surface area contributed by atoms with Crippen LogP contribution in [0.15, 0.2) is 24.3 Å². The zero-order chi connectivity index (χ0) is 13.3. The van der Waals surface area contributed by atoms with Crippen molar-refractivity contribution in [3.8, 4) is 0 Å². The summed E-state index contributed by atoms with van der Waals surface area (Å²) in [7, 11) is 0. The SMILES string of the molecule is O=C(O)CC(c1cc2cc(Cl)ccc2[nH]1)C(F)F. The van der Waals surface area contributed by atoms with Gasteiger partial charge in [-0.05, 0) is 24.3 Å². The van der Waals surface area contributed by atoms with E-state index in [-0.39, 0.29) is 5.69 Å². The number of fused-ring (bicyclic) bond motifs is 1. The number of benzene rings is 1. The standard InChI is InChI=1S/C12H10ClF2NO2/c13-7-1-2-9-6(3-7)4-10(16-9)8(12(14)15)5-11(17)18/h1-4,8,12,16H,5H2,(H,17,18). The summed E-state index contributed by atoms with van der Waals surface area (Å²) in [6.07, 6.45) is -3.34. The summed E-state index contributed by atoms with van der Waals surface area (Å²) in [6, 6.07) is 6.46. The Kier molecular flexibility index (Phi) is 3.52. The van der Waals surface area contributed by atoms with E-state index in [1.54, 1.807) is 18.2 Å². The van der Waals surface area contributed by atoms with Crippen LogP contribution in [0.2, 0.25) is 5.02 Å². The van der Waals surface area contributed by atoms with Gasteiger partial charge in [-0.25, -0.2) is 8.78 Å². The molecule has 0 spiro atoms. The first-order valence-electron chi connectivity index (χ1n) is 5.25. The van der Waals surface area contributed by atoms with E-state index in [2.05, 4.69) is 4.98 Å². The fourth-order valence-corrected chi connectivity index (χ4v) is 2.03. The third-order valence-corrected chi connectivity index (χ3v) is 2.94. The number of nitrogens with one attached hydrogen (secondary N) is 1. The number of aliphatic carboxylic acids is 1. The average molecular weight is 274 g/mol. The summed E-state index contributed by atoms with van der Waals surface area (Å²) >= 11 is 5.80. The second-order valence-electron chi connectivity index (χ2n) is 4.00. The summed E-state index contributed by atoms with van der Waals surface area (Å²) in [6.45, 7) is 0. The fourth-order valence-electron chi connectivity index (χ4n) is 1.85. The smallest absolute Gasteiger partial charge is 0.304 e. The van der Waals surface area contributed by atoms with Crippen molar-refractivity contribution in [1.29, 1.82) is 0 Å². The van der Waals surface area contributed by atoms with Crippen LogP contribution in [0, 0.1) is 0 Å². The van der Waals surface area contributed by atoms with Crippen LogP contribution in [-0.2, 0) is 4.79 Å². The molecule has 3 nitrogen and oxygen atoms in total.